The first-order chi connectivity index (χ1) is 14.0. The second-order valence-electron chi connectivity index (χ2n) is 6.32. The highest BCUT2D eigenvalue weighted by Gasteiger charge is 2.15. The van der Waals surface area contributed by atoms with Gasteiger partial charge in [0.25, 0.3) is 5.91 Å². The normalized spacial score (nSPS) is 11.4. The Morgan fingerprint density at radius 2 is 1.41 bits per heavy atom. The van der Waals surface area contributed by atoms with Crippen LogP contribution in [0.25, 0.3) is 0 Å². The first-order valence-electron chi connectivity index (χ1n) is 9.13. The molecule has 0 aliphatic heterocycles. The van der Waals surface area contributed by atoms with Crippen molar-refractivity contribution < 1.29 is 14.3 Å². The van der Waals surface area contributed by atoms with Crippen LogP contribution in [0.15, 0.2) is 83.8 Å². The van der Waals surface area contributed by atoms with Gasteiger partial charge < -0.3 is 15.4 Å². The zero-order valence-electron chi connectivity index (χ0n) is 16.2. The Labute approximate surface area is 174 Å². The summed E-state index contributed by atoms with van der Waals surface area (Å²) in [7, 11) is 1.59. The fourth-order valence-corrected chi connectivity index (χ4v) is 3.47. The molecule has 148 valence electrons. The summed E-state index contributed by atoms with van der Waals surface area (Å²) in [5.74, 6) is 0.415. The van der Waals surface area contributed by atoms with Gasteiger partial charge in [0.1, 0.15) is 5.75 Å². The summed E-state index contributed by atoms with van der Waals surface area (Å²) in [5, 5.41) is 5.47. The van der Waals surface area contributed by atoms with Gasteiger partial charge in [0.2, 0.25) is 5.91 Å². The SMILES string of the molecule is COc1ccc(NC(=O)c2ccc(NC(=O)C(C)Sc3ccccc3)cc2)cc1. The molecule has 0 aliphatic rings. The third-order valence-electron chi connectivity index (χ3n) is 4.19. The maximum Gasteiger partial charge on any atom is 0.255 e. The van der Waals surface area contributed by atoms with Gasteiger partial charge in [0.05, 0.1) is 12.4 Å². The average Bonchev–Trinajstić information content (AvgIpc) is 2.75. The van der Waals surface area contributed by atoms with Crippen LogP contribution in [-0.2, 0) is 4.79 Å². The van der Waals surface area contributed by atoms with Gasteiger partial charge in [-0.15, -0.1) is 11.8 Å². The Morgan fingerprint density at radius 3 is 2.03 bits per heavy atom. The summed E-state index contributed by atoms with van der Waals surface area (Å²) in [5.41, 5.74) is 1.84. The van der Waals surface area contributed by atoms with Crippen molar-refractivity contribution >= 4 is 35.0 Å². The van der Waals surface area contributed by atoms with E-state index in [1.807, 2.05) is 37.3 Å². The second-order valence-corrected chi connectivity index (χ2v) is 7.74. The van der Waals surface area contributed by atoms with Crippen LogP contribution in [-0.4, -0.2) is 24.2 Å². The highest BCUT2D eigenvalue weighted by Crippen LogP contribution is 2.24. The lowest BCUT2D eigenvalue weighted by molar-refractivity contribution is -0.115. The van der Waals surface area contributed by atoms with Crippen LogP contribution >= 0.6 is 11.8 Å². The van der Waals surface area contributed by atoms with Crippen molar-refractivity contribution in [2.24, 2.45) is 0 Å². The van der Waals surface area contributed by atoms with E-state index in [0.29, 0.717) is 16.9 Å². The molecule has 0 saturated heterocycles. The summed E-state index contributed by atoms with van der Waals surface area (Å²) in [6, 6.07) is 23.7. The molecular formula is C23H22N2O3S. The maximum atomic E-state index is 12.4. The van der Waals surface area contributed by atoms with Crippen LogP contribution < -0.4 is 15.4 Å². The standard InChI is InChI=1S/C23H22N2O3S/c1-16(29-21-6-4-3-5-7-21)22(26)24-18-10-8-17(9-11-18)23(27)25-19-12-14-20(28-2)15-13-19/h3-16H,1-2H3,(H,24,26)(H,25,27). The molecule has 0 fully saturated rings. The highest BCUT2D eigenvalue weighted by atomic mass is 32.2. The monoisotopic (exact) mass is 406 g/mol. The molecule has 1 atom stereocenters. The van der Waals surface area contributed by atoms with Gasteiger partial charge in [0.15, 0.2) is 0 Å². The maximum absolute atomic E-state index is 12.4. The number of benzene rings is 3. The number of carbonyl (C=O) groups is 2. The van der Waals surface area contributed by atoms with E-state index in [1.165, 1.54) is 11.8 Å². The summed E-state index contributed by atoms with van der Waals surface area (Å²) in [4.78, 5) is 25.8. The summed E-state index contributed by atoms with van der Waals surface area (Å²) in [6.45, 7) is 1.86. The van der Waals surface area contributed by atoms with Gasteiger partial charge in [-0.2, -0.15) is 0 Å². The molecule has 2 N–H and O–H groups in total. The largest absolute Gasteiger partial charge is 0.497 e. The van der Waals surface area contributed by atoms with Crippen LogP contribution in [0.3, 0.4) is 0 Å². The van der Waals surface area contributed by atoms with E-state index in [9.17, 15) is 9.59 Å². The van der Waals surface area contributed by atoms with Gasteiger partial charge in [-0.25, -0.2) is 0 Å². The Kier molecular flexibility index (Phi) is 6.92. The topological polar surface area (TPSA) is 67.4 Å². The lowest BCUT2D eigenvalue weighted by Crippen LogP contribution is -2.22. The fraction of sp³-hybridized carbons (Fsp3) is 0.130. The Hall–Kier alpha value is -3.25. The van der Waals surface area contributed by atoms with Crippen LogP contribution in [0, 0.1) is 0 Å². The molecule has 29 heavy (non-hydrogen) atoms. The van der Waals surface area contributed by atoms with Crippen LogP contribution in [0.5, 0.6) is 5.75 Å². The molecule has 6 heteroatoms. The van der Waals surface area contributed by atoms with Crippen molar-refractivity contribution in [3.8, 4) is 5.75 Å². The third-order valence-corrected chi connectivity index (χ3v) is 5.30. The molecule has 3 aromatic rings. The van der Waals surface area contributed by atoms with Gasteiger partial charge in [-0.1, -0.05) is 18.2 Å². The quantitative estimate of drug-likeness (QED) is 0.538. The molecule has 0 aromatic heterocycles. The molecular weight excluding hydrogens is 384 g/mol. The van der Waals surface area contributed by atoms with E-state index in [0.717, 1.165) is 10.6 Å². The molecule has 0 spiro atoms. The van der Waals surface area contributed by atoms with Gasteiger partial charge in [-0.3, -0.25) is 9.59 Å². The average molecular weight is 407 g/mol. The number of methoxy groups -OCH3 is 1. The number of hydrogen-bond acceptors (Lipinski definition) is 4. The molecule has 5 nitrogen and oxygen atoms in total. The van der Waals surface area contributed by atoms with Crippen molar-refractivity contribution in [3.63, 3.8) is 0 Å². The molecule has 0 saturated carbocycles. The van der Waals surface area contributed by atoms with Gasteiger partial charge in [0, 0.05) is 21.8 Å². The first kappa shape index (κ1) is 20.5. The number of ether oxygens (including phenoxy) is 1. The minimum atomic E-state index is -0.240. The molecule has 1 unspecified atom stereocenters. The Balaban J connectivity index is 1.56. The van der Waals surface area contributed by atoms with E-state index < -0.39 is 0 Å². The predicted molar refractivity (Wildman–Crippen MR) is 118 cm³/mol. The Morgan fingerprint density at radius 1 is 0.828 bits per heavy atom. The predicted octanol–water partition coefficient (Wildman–Crippen LogP) is 5.07. The molecule has 0 radical (unpaired) electrons. The number of nitrogens with one attached hydrogen (secondary N) is 2. The number of thioether (sulfide) groups is 1. The fourth-order valence-electron chi connectivity index (χ4n) is 2.58. The summed E-state index contributed by atoms with van der Waals surface area (Å²) in [6.07, 6.45) is 0. The number of rotatable bonds is 7. The minimum absolute atomic E-state index is 0.0886. The highest BCUT2D eigenvalue weighted by molar-refractivity contribution is 8.00. The van der Waals surface area contributed by atoms with E-state index >= 15 is 0 Å². The lowest BCUT2D eigenvalue weighted by atomic mass is 10.2. The molecule has 0 bridgehead atoms. The van der Waals surface area contributed by atoms with Crippen LogP contribution in [0.4, 0.5) is 11.4 Å². The lowest BCUT2D eigenvalue weighted by Gasteiger charge is -2.12. The third kappa shape index (κ3) is 5.86. The van der Waals surface area contributed by atoms with E-state index in [2.05, 4.69) is 10.6 Å². The van der Waals surface area contributed by atoms with E-state index in [1.54, 1.807) is 55.6 Å². The van der Waals surface area contributed by atoms with Crippen molar-refractivity contribution in [2.45, 2.75) is 17.1 Å². The zero-order chi connectivity index (χ0) is 20.6. The van der Waals surface area contributed by atoms with Crippen molar-refractivity contribution in [1.82, 2.24) is 0 Å². The minimum Gasteiger partial charge on any atom is -0.497 e. The number of amides is 2. The van der Waals surface area contributed by atoms with Crippen molar-refractivity contribution in [3.05, 3.63) is 84.4 Å². The van der Waals surface area contributed by atoms with Gasteiger partial charge in [-0.05, 0) is 67.6 Å². The van der Waals surface area contributed by atoms with Crippen LogP contribution in [0.2, 0.25) is 0 Å². The molecule has 3 rings (SSSR count). The summed E-state index contributed by atoms with van der Waals surface area (Å²) >= 11 is 1.50. The van der Waals surface area contributed by atoms with Gasteiger partial charge >= 0.3 is 0 Å². The number of carbonyl (C=O) groups excluding carboxylic acids is 2. The van der Waals surface area contributed by atoms with Crippen LogP contribution in [0.1, 0.15) is 17.3 Å². The smallest absolute Gasteiger partial charge is 0.255 e. The number of anilines is 2. The van der Waals surface area contributed by atoms with Crippen molar-refractivity contribution in [2.75, 3.05) is 17.7 Å². The first-order valence-corrected chi connectivity index (χ1v) is 10.0. The molecule has 0 heterocycles. The molecule has 2 amide bonds. The van der Waals surface area contributed by atoms with E-state index in [-0.39, 0.29) is 17.1 Å². The summed E-state index contributed by atoms with van der Waals surface area (Å²) < 4.78 is 5.10. The van der Waals surface area contributed by atoms with E-state index in [4.69, 9.17) is 4.74 Å². The zero-order valence-corrected chi connectivity index (χ0v) is 17.0. The molecule has 0 aliphatic carbocycles. The second kappa shape index (κ2) is 9.80. The number of hydrogen-bond donors (Lipinski definition) is 2. The Bertz CT molecular complexity index is 958. The molecule has 3 aromatic carbocycles. The van der Waals surface area contributed by atoms with Crippen molar-refractivity contribution in [1.29, 1.82) is 0 Å².